The Morgan fingerprint density at radius 3 is 3.00 bits per heavy atom. The zero-order chi connectivity index (χ0) is 13.2. The first-order valence-corrected chi connectivity index (χ1v) is 7.90. The summed E-state index contributed by atoms with van der Waals surface area (Å²) in [6, 6.07) is 1.98. The minimum absolute atomic E-state index is 0.0633. The highest BCUT2D eigenvalue weighted by atomic mass is 32.2. The van der Waals surface area contributed by atoms with Crippen molar-refractivity contribution >= 4 is 43.2 Å². The number of hydroxylamine groups is 2. The topological polar surface area (TPSA) is 54.5 Å². The van der Waals surface area contributed by atoms with Gasteiger partial charge >= 0.3 is 0 Å². The maximum Gasteiger partial charge on any atom is 0.229 e. The van der Waals surface area contributed by atoms with Crippen LogP contribution in [-0.4, -0.2) is 36.2 Å². The molecule has 0 bridgehead atoms. The number of fused-ring (bicyclic) bond motifs is 1. The van der Waals surface area contributed by atoms with Crippen molar-refractivity contribution in [2.45, 2.75) is 12.8 Å². The minimum Gasteiger partial charge on any atom is -0.302 e. The van der Waals surface area contributed by atoms with E-state index in [-0.39, 0.29) is 11.8 Å². The molecule has 1 N–H and O–H groups in total. The van der Waals surface area contributed by atoms with Crippen LogP contribution in [-0.2, 0) is 9.63 Å². The first-order chi connectivity index (χ1) is 9.26. The average Bonchev–Trinajstić information content (AvgIpc) is 2.99. The SMILES string of the molecule is CON1CCC(C(=O)Nc2nc3ccsc3s2)CC1. The summed E-state index contributed by atoms with van der Waals surface area (Å²) in [7, 11) is 1.67. The normalized spacial score (nSPS) is 17.9. The molecule has 1 aliphatic rings. The van der Waals surface area contributed by atoms with Gasteiger partial charge in [-0.2, -0.15) is 5.06 Å². The quantitative estimate of drug-likeness (QED) is 0.946. The summed E-state index contributed by atoms with van der Waals surface area (Å²) in [6.07, 6.45) is 1.67. The number of nitrogens with zero attached hydrogens (tertiary/aromatic N) is 2. The molecule has 3 rings (SSSR count). The maximum atomic E-state index is 12.2. The Morgan fingerprint density at radius 1 is 1.53 bits per heavy atom. The number of thiazole rings is 1. The van der Waals surface area contributed by atoms with E-state index in [4.69, 9.17) is 4.84 Å². The Labute approximate surface area is 119 Å². The first-order valence-electron chi connectivity index (χ1n) is 6.20. The molecule has 0 spiro atoms. The van der Waals surface area contributed by atoms with Gasteiger partial charge < -0.3 is 10.2 Å². The molecule has 2 aromatic heterocycles. The molecule has 3 heterocycles. The molecule has 7 heteroatoms. The highest BCUT2D eigenvalue weighted by Crippen LogP contribution is 2.31. The maximum absolute atomic E-state index is 12.2. The van der Waals surface area contributed by atoms with Crippen molar-refractivity contribution in [3.63, 3.8) is 0 Å². The minimum atomic E-state index is 0.0633. The first kappa shape index (κ1) is 13.0. The molecule has 0 unspecified atom stereocenters. The van der Waals surface area contributed by atoms with Gasteiger partial charge in [0, 0.05) is 19.0 Å². The van der Waals surface area contributed by atoms with Crippen LogP contribution in [0.2, 0.25) is 0 Å². The van der Waals surface area contributed by atoms with Crippen LogP contribution in [0.1, 0.15) is 12.8 Å². The van der Waals surface area contributed by atoms with E-state index in [0.717, 1.165) is 35.5 Å². The van der Waals surface area contributed by atoms with Crippen LogP contribution in [0.25, 0.3) is 9.53 Å². The summed E-state index contributed by atoms with van der Waals surface area (Å²) in [5.41, 5.74) is 0.972. The number of carbonyl (C=O) groups is 1. The van der Waals surface area contributed by atoms with Crippen LogP contribution in [0.5, 0.6) is 0 Å². The number of anilines is 1. The molecule has 1 aliphatic heterocycles. The predicted octanol–water partition coefficient (Wildman–Crippen LogP) is 2.57. The lowest BCUT2D eigenvalue weighted by molar-refractivity contribution is -0.152. The number of hydrogen-bond donors (Lipinski definition) is 1. The van der Waals surface area contributed by atoms with Gasteiger partial charge in [0.15, 0.2) is 5.13 Å². The molecule has 102 valence electrons. The summed E-state index contributed by atoms with van der Waals surface area (Å²) in [6.45, 7) is 1.61. The third-order valence-corrected chi connectivity index (χ3v) is 5.35. The van der Waals surface area contributed by atoms with Crippen LogP contribution in [0.15, 0.2) is 11.4 Å². The second-order valence-corrected chi connectivity index (χ2v) is 6.66. The fourth-order valence-electron chi connectivity index (χ4n) is 2.23. The number of hydrogen-bond acceptors (Lipinski definition) is 6. The number of carbonyl (C=O) groups excluding carboxylic acids is 1. The van der Waals surface area contributed by atoms with Crippen molar-refractivity contribution in [3.05, 3.63) is 11.4 Å². The molecule has 1 saturated heterocycles. The molecule has 0 radical (unpaired) electrons. The van der Waals surface area contributed by atoms with Gasteiger partial charge in [-0.1, -0.05) is 11.3 Å². The number of nitrogens with one attached hydrogen (secondary N) is 1. The molecule has 0 atom stereocenters. The van der Waals surface area contributed by atoms with Crippen LogP contribution in [0.4, 0.5) is 5.13 Å². The fourth-order valence-corrected chi connectivity index (χ4v) is 4.07. The van der Waals surface area contributed by atoms with E-state index >= 15 is 0 Å². The van der Waals surface area contributed by atoms with Gasteiger partial charge in [-0.25, -0.2) is 4.98 Å². The van der Waals surface area contributed by atoms with Crippen molar-refractivity contribution in [2.24, 2.45) is 5.92 Å². The molecule has 1 amide bonds. The van der Waals surface area contributed by atoms with E-state index in [2.05, 4.69) is 10.3 Å². The van der Waals surface area contributed by atoms with E-state index in [0.29, 0.717) is 5.13 Å². The summed E-state index contributed by atoms with van der Waals surface area (Å²) >= 11 is 3.20. The molecule has 0 aliphatic carbocycles. The van der Waals surface area contributed by atoms with Crippen molar-refractivity contribution in [1.29, 1.82) is 0 Å². The molecule has 19 heavy (non-hydrogen) atoms. The molecule has 0 saturated carbocycles. The van der Waals surface area contributed by atoms with E-state index in [1.165, 1.54) is 0 Å². The third kappa shape index (κ3) is 2.79. The van der Waals surface area contributed by atoms with Crippen molar-refractivity contribution in [2.75, 3.05) is 25.5 Å². The van der Waals surface area contributed by atoms with Gasteiger partial charge in [0.25, 0.3) is 0 Å². The Bertz CT molecular complexity index is 544. The van der Waals surface area contributed by atoms with Crippen molar-refractivity contribution in [1.82, 2.24) is 10.0 Å². The van der Waals surface area contributed by atoms with Crippen molar-refractivity contribution < 1.29 is 9.63 Å². The zero-order valence-electron chi connectivity index (χ0n) is 10.6. The Balaban J connectivity index is 1.60. The molecular weight excluding hydrogens is 282 g/mol. The van der Waals surface area contributed by atoms with Crippen LogP contribution in [0.3, 0.4) is 0 Å². The van der Waals surface area contributed by atoms with E-state index in [9.17, 15) is 4.79 Å². The zero-order valence-corrected chi connectivity index (χ0v) is 12.2. The van der Waals surface area contributed by atoms with Crippen LogP contribution in [0, 0.1) is 5.92 Å². The largest absolute Gasteiger partial charge is 0.302 e. The predicted molar refractivity (Wildman–Crippen MR) is 77.4 cm³/mol. The molecule has 5 nitrogen and oxygen atoms in total. The molecule has 0 aromatic carbocycles. The molecular formula is C12H15N3O2S2. The van der Waals surface area contributed by atoms with Gasteiger partial charge in [0.2, 0.25) is 5.91 Å². The molecule has 2 aromatic rings. The van der Waals surface area contributed by atoms with E-state index in [1.807, 2.05) is 16.5 Å². The standard InChI is InChI=1S/C12H15N3O2S2/c1-17-15-5-2-8(3-6-15)10(16)14-12-13-9-4-7-18-11(9)19-12/h4,7-8H,2-3,5-6H2,1H3,(H,13,14,16). The smallest absolute Gasteiger partial charge is 0.229 e. The number of piperidine rings is 1. The second kappa shape index (κ2) is 5.54. The lowest BCUT2D eigenvalue weighted by Crippen LogP contribution is -2.37. The van der Waals surface area contributed by atoms with Gasteiger partial charge in [-0.05, 0) is 24.3 Å². The number of amides is 1. The third-order valence-electron chi connectivity index (χ3n) is 3.33. The molecule has 1 fully saturated rings. The summed E-state index contributed by atoms with van der Waals surface area (Å²) in [5.74, 6) is 0.144. The van der Waals surface area contributed by atoms with Gasteiger partial charge in [-0.15, -0.1) is 11.3 Å². The summed E-state index contributed by atoms with van der Waals surface area (Å²) < 4.78 is 1.16. The second-order valence-electron chi connectivity index (χ2n) is 4.49. The fraction of sp³-hybridized carbons (Fsp3) is 0.500. The highest BCUT2D eigenvalue weighted by Gasteiger charge is 2.25. The highest BCUT2D eigenvalue weighted by molar-refractivity contribution is 7.39. The monoisotopic (exact) mass is 297 g/mol. The van der Waals surface area contributed by atoms with Gasteiger partial charge in [0.1, 0.15) is 4.01 Å². The van der Waals surface area contributed by atoms with Gasteiger partial charge in [0.05, 0.1) is 12.6 Å². The van der Waals surface area contributed by atoms with Crippen LogP contribution < -0.4 is 5.32 Å². The lowest BCUT2D eigenvalue weighted by Gasteiger charge is -2.28. The Hall–Kier alpha value is -1.02. The van der Waals surface area contributed by atoms with Gasteiger partial charge in [-0.3, -0.25) is 4.79 Å². The number of thiophene rings is 1. The Morgan fingerprint density at radius 2 is 2.32 bits per heavy atom. The Kier molecular flexibility index (Phi) is 3.79. The average molecular weight is 297 g/mol. The number of aromatic nitrogens is 1. The van der Waals surface area contributed by atoms with Crippen LogP contribution >= 0.6 is 22.7 Å². The van der Waals surface area contributed by atoms with E-state index < -0.39 is 0 Å². The summed E-state index contributed by atoms with van der Waals surface area (Å²) in [5, 5.41) is 7.55. The van der Waals surface area contributed by atoms with Crippen molar-refractivity contribution in [3.8, 4) is 0 Å². The van der Waals surface area contributed by atoms with E-state index in [1.54, 1.807) is 29.8 Å². The summed E-state index contributed by atoms with van der Waals surface area (Å²) in [4.78, 5) is 21.7. The number of rotatable bonds is 3. The lowest BCUT2D eigenvalue weighted by atomic mass is 9.97.